The summed E-state index contributed by atoms with van der Waals surface area (Å²) in [5, 5.41) is 3.05. The van der Waals surface area contributed by atoms with Crippen molar-refractivity contribution >= 4 is 11.6 Å². The summed E-state index contributed by atoms with van der Waals surface area (Å²) < 4.78 is 23.9. The van der Waals surface area contributed by atoms with Gasteiger partial charge in [-0.1, -0.05) is 0 Å². The van der Waals surface area contributed by atoms with Crippen LogP contribution >= 0.6 is 0 Å². The maximum atomic E-state index is 13.7. The first kappa shape index (κ1) is 15.4. The molecule has 1 unspecified atom stereocenters. The predicted octanol–water partition coefficient (Wildman–Crippen LogP) is 1.65. The van der Waals surface area contributed by atoms with Crippen LogP contribution < -0.4 is 11.1 Å². The highest BCUT2D eigenvalue weighted by Crippen LogP contribution is 2.22. The van der Waals surface area contributed by atoms with Gasteiger partial charge in [-0.25, -0.2) is 4.39 Å². The van der Waals surface area contributed by atoms with E-state index in [1.165, 1.54) is 20.3 Å². The van der Waals surface area contributed by atoms with Gasteiger partial charge in [0.1, 0.15) is 5.82 Å². The third kappa shape index (κ3) is 3.65. The normalized spacial score (nSPS) is 12.5. The van der Waals surface area contributed by atoms with Crippen LogP contribution in [0.25, 0.3) is 0 Å². The van der Waals surface area contributed by atoms with Crippen molar-refractivity contribution < 1.29 is 18.7 Å². The van der Waals surface area contributed by atoms with Gasteiger partial charge in [0.2, 0.25) is 5.91 Å². The number of hydrogen-bond acceptors (Lipinski definition) is 4. The second-order valence-corrected chi connectivity index (χ2v) is 4.27. The SMILES string of the molecule is COC(OC)C(C)Nc1cc(C(N)=O)cc(F)c1C. The van der Waals surface area contributed by atoms with Gasteiger partial charge in [0.05, 0.1) is 6.04 Å². The highest BCUT2D eigenvalue weighted by Gasteiger charge is 2.18. The Morgan fingerprint density at radius 1 is 1.37 bits per heavy atom. The van der Waals surface area contributed by atoms with Crippen LogP contribution in [0.2, 0.25) is 0 Å². The summed E-state index contributed by atoms with van der Waals surface area (Å²) in [6.45, 7) is 3.44. The van der Waals surface area contributed by atoms with Gasteiger partial charge in [-0.15, -0.1) is 0 Å². The molecule has 1 aromatic rings. The fraction of sp³-hybridized carbons (Fsp3) is 0.462. The Balaban J connectivity index is 3.03. The second kappa shape index (κ2) is 6.49. The van der Waals surface area contributed by atoms with Gasteiger partial charge in [-0.05, 0) is 26.0 Å². The molecule has 0 radical (unpaired) electrons. The summed E-state index contributed by atoms with van der Waals surface area (Å²) in [4.78, 5) is 11.1. The van der Waals surface area contributed by atoms with Gasteiger partial charge in [0.15, 0.2) is 6.29 Å². The Hall–Kier alpha value is -1.66. The van der Waals surface area contributed by atoms with E-state index in [0.717, 1.165) is 6.07 Å². The van der Waals surface area contributed by atoms with Crippen LogP contribution in [0.4, 0.5) is 10.1 Å². The van der Waals surface area contributed by atoms with E-state index in [0.29, 0.717) is 11.3 Å². The lowest BCUT2D eigenvalue weighted by Gasteiger charge is -2.24. The molecular formula is C13H19FN2O3. The number of methoxy groups -OCH3 is 2. The Bertz CT molecular complexity index is 461. The number of amides is 1. The van der Waals surface area contributed by atoms with Crippen LogP contribution in [0.5, 0.6) is 0 Å². The molecule has 1 rings (SSSR count). The third-order valence-corrected chi connectivity index (χ3v) is 2.88. The number of hydrogen-bond donors (Lipinski definition) is 2. The topological polar surface area (TPSA) is 73.6 Å². The minimum Gasteiger partial charge on any atom is -0.377 e. The fourth-order valence-corrected chi connectivity index (χ4v) is 1.79. The lowest BCUT2D eigenvalue weighted by atomic mass is 10.1. The lowest BCUT2D eigenvalue weighted by molar-refractivity contribution is -0.109. The van der Waals surface area contributed by atoms with E-state index in [4.69, 9.17) is 15.2 Å². The van der Waals surface area contributed by atoms with Crippen LogP contribution in [0.3, 0.4) is 0 Å². The Kier molecular flexibility index (Phi) is 5.26. The summed E-state index contributed by atoms with van der Waals surface area (Å²) in [5.41, 5.74) is 6.17. The first-order valence-corrected chi connectivity index (χ1v) is 5.82. The molecule has 0 saturated carbocycles. The number of nitrogens with one attached hydrogen (secondary N) is 1. The summed E-state index contributed by atoms with van der Waals surface area (Å²) in [7, 11) is 3.03. The zero-order valence-corrected chi connectivity index (χ0v) is 11.5. The maximum absolute atomic E-state index is 13.7. The molecule has 0 aliphatic rings. The maximum Gasteiger partial charge on any atom is 0.248 e. The van der Waals surface area contributed by atoms with Crippen molar-refractivity contribution in [2.24, 2.45) is 5.73 Å². The lowest BCUT2D eigenvalue weighted by Crippen LogP contribution is -2.34. The summed E-state index contributed by atoms with van der Waals surface area (Å²) in [6, 6.07) is 2.41. The Labute approximate surface area is 111 Å². The molecule has 1 atom stereocenters. The molecule has 0 spiro atoms. The fourth-order valence-electron chi connectivity index (χ4n) is 1.79. The van der Waals surface area contributed by atoms with Crippen molar-refractivity contribution in [1.29, 1.82) is 0 Å². The standard InChI is InChI=1S/C13H19FN2O3/c1-7-10(14)5-9(12(15)17)6-11(7)16-8(2)13(18-3)19-4/h5-6,8,13,16H,1-4H3,(H2,15,17). The van der Waals surface area contributed by atoms with Crippen LogP contribution in [-0.4, -0.2) is 32.5 Å². The minimum atomic E-state index is -0.676. The van der Waals surface area contributed by atoms with E-state index in [2.05, 4.69) is 5.32 Å². The molecule has 0 aliphatic heterocycles. The molecule has 106 valence electrons. The molecule has 1 aromatic carbocycles. The van der Waals surface area contributed by atoms with E-state index < -0.39 is 18.0 Å². The number of carbonyl (C=O) groups is 1. The van der Waals surface area contributed by atoms with Crippen LogP contribution in [0, 0.1) is 12.7 Å². The molecular weight excluding hydrogens is 251 g/mol. The van der Waals surface area contributed by atoms with E-state index in [1.807, 2.05) is 6.92 Å². The quantitative estimate of drug-likeness (QED) is 0.771. The third-order valence-electron chi connectivity index (χ3n) is 2.88. The molecule has 0 saturated heterocycles. The summed E-state index contributed by atoms with van der Waals surface area (Å²) >= 11 is 0. The number of nitrogens with two attached hydrogens (primary N) is 1. The number of benzene rings is 1. The number of primary amides is 1. The predicted molar refractivity (Wildman–Crippen MR) is 70.5 cm³/mol. The van der Waals surface area contributed by atoms with E-state index in [1.54, 1.807) is 6.92 Å². The monoisotopic (exact) mass is 270 g/mol. The minimum absolute atomic E-state index is 0.115. The van der Waals surface area contributed by atoms with Crippen LogP contribution in [0.1, 0.15) is 22.8 Å². The van der Waals surface area contributed by atoms with Crippen molar-refractivity contribution in [2.75, 3.05) is 19.5 Å². The number of halogens is 1. The Morgan fingerprint density at radius 3 is 2.42 bits per heavy atom. The molecule has 6 heteroatoms. The molecule has 0 aromatic heterocycles. The zero-order chi connectivity index (χ0) is 14.6. The van der Waals surface area contributed by atoms with Crippen LogP contribution in [0.15, 0.2) is 12.1 Å². The second-order valence-electron chi connectivity index (χ2n) is 4.27. The highest BCUT2D eigenvalue weighted by atomic mass is 19.1. The number of ether oxygens (including phenoxy) is 2. The highest BCUT2D eigenvalue weighted by molar-refractivity contribution is 5.94. The van der Waals surface area contributed by atoms with Gasteiger partial charge in [0.25, 0.3) is 0 Å². The molecule has 3 N–H and O–H groups in total. The molecule has 1 amide bonds. The van der Waals surface area contributed by atoms with Crippen LogP contribution in [-0.2, 0) is 9.47 Å². The smallest absolute Gasteiger partial charge is 0.248 e. The molecule has 5 nitrogen and oxygen atoms in total. The van der Waals surface area contributed by atoms with Gasteiger partial charge in [-0.2, -0.15) is 0 Å². The van der Waals surface area contributed by atoms with Crippen molar-refractivity contribution in [3.05, 3.63) is 29.1 Å². The molecule has 19 heavy (non-hydrogen) atoms. The first-order valence-electron chi connectivity index (χ1n) is 5.82. The molecule has 0 fully saturated rings. The van der Waals surface area contributed by atoms with E-state index in [9.17, 15) is 9.18 Å². The van der Waals surface area contributed by atoms with Crippen molar-refractivity contribution in [2.45, 2.75) is 26.2 Å². The van der Waals surface area contributed by atoms with Crippen molar-refractivity contribution in [1.82, 2.24) is 0 Å². The zero-order valence-electron chi connectivity index (χ0n) is 11.5. The van der Waals surface area contributed by atoms with Gasteiger partial charge in [0, 0.05) is 31.0 Å². The van der Waals surface area contributed by atoms with E-state index in [-0.39, 0.29) is 11.6 Å². The number of anilines is 1. The summed E-state index contributed by atoms with van der Waals surface area (Å²) in [5.74, 6) is -1.16. The Morgan fingerprint density at radius 2 is 1.95 bits per heavy atom. The molecule has 0 heterocycles. The average Bonchev–Trinajstić information content (AvgIpc) is 2.35. The van der Waals surface area contributed by atoms with Crippen molar-refractivity contribution in [3.63, 3.8) is 0 Å². The number of rotatable bonds is 6. The van der Waals surface area contributed by atoms with Gasteiger partial charge < -0.3 is 20.5 Å². The largest absolute Gasteiger partial charge is 0.377 e. The van der Waals surface area contributed by atoms with Gasteiger partial charge >= 0.3 is 0 Å². The van der Waals surface area contributed by atoms with E-state index >= 15 is 0 Å². The molecule has 0 bridgehead atoms. The number of carbonyl (C=O) groups excluding carboxylic acids is 1. The summed E-state index contributed by atoms with van der Waals surface area (Å²) in [6.07, 6.45) is -0.486. The average molecular weight is 270 g/mol. The molecule has 0 aliphatic carbocycles. The van der Waals surface area contributed by atoms with Gasteiger partial charge in [-0.3, -0.25) is 4.79 Å². The first-order chi connectivity index (χ1) is 8.90. The van der Waals surface area contributed by atoms with Crippen molar-refractivity contribution in [3.8, 4) is 0 Å².